The number of amides is 4. The maximum absolute atomic E-state index is 13.8. The van der Waals surface area contributed by atoms with Crippen molar-refractivity contribution in [2.45, 2.75) is 115 Å². The van der Waals surface area contributed by atoms with Gasteiger partial charge in [-0.1, -0.05) is 27.2 Å². The fraction of sp³-hybridized carbons (Fsp3) is 0.875. The number of methoxy groups -OCH3 is 2. The van der Waals surface area contributed by atoms with Gasteiger partial charge in [0.15, 0.2) is 0 Å². The van der Waals surface area contributed by atoms with E-state index in [-0.39, 0.29) is 73.3 Å². The van der Waals surface area contributed by atoms with E-state index >= 15 is 0 Å². The van der Waals surface area contributed by atoms with Gasteiger partial charge in [-0.25, -0.2) is 0 Å². The highest BCUT2D eigenvalue weighted by Crippen LogP contribution is 2.41. The summed E-state index contributed by atoms with van der Waals surface area (Å²) in [5.41, 5.74) is 0. The summed E-state index contributed by atoms with van der Waals surface area (Å²) in [6, 6.07) is -0.773. The zero-order valence-corrected chi connectivity index (χ0v) is 28.1. The van der Waals surface area contributed by atoms with Gasteiger partial charge in [0.05, 0.1) is 55.8 Å². The van der Waals surface area contributed by atoms with Crippen LogP contribution in [-0.2, 0) is 28.7 Å². The largest absolute Gasteiger partial charge is 0.394 e. The van der Waals surface area contributed by atoms with Crippen LogP contribution >= 0.6 is 0 Å². The number of ether oxygens (including phenoxy) is 2. The number of nitrogens with one attached hydrogen (secondary N) is 2. The molecule has 0 spiro atoms. The Morgan fingerprint density at radius 3 is 2.34 bits per heavy atom. The lowest BCUT2D eigenvalue weighted by atomic mass is 9.90. The van der Waals surface area contributed by atoms with Crippen LogP contribution in [0.25, 0.3) is 0 Å². The molecule has 0 radical (unpaired) electrons. The summed E-state index contributed by atoms with van der Waals surface area (Å²) in [6.45, 7) is 7.87. The average Bonchev–Trinajstić information content (AvgIpc) is 3.76. The highest BCUT2D eigenvalue weighted by Gasteiger charge is 2.47. The lowest BCUT2D eigenvalue weighted by molar-refractivity contribution is -0.146. The van der Waals surface area contributed by atoms with Crippen molar-refractivity contribution in [2.75, 3.05) is 48.0 Å². The summed E-state index contributed by atoms with van der Waals surface area (Å²) >= 11 is 0. The number of carbonyl (C=O) groups is 4. The van der Waals surface area contributed by atoms with E-state index in [1.807, 2.05) is 20.9 Å². The van der Waals surface area contributed by atoms with Crippen molar-refractivity contribution in [3.05, 3.63) is 0 Å². The first-order valence-electron chi connectivity index (χ1n) is 16.4. The van der Waals surface area contributed by atoms with Crippen LogP contribution in [0.2, 0.25) is 0 Å². The summed E-state index contributed by atoms with van der Waals surface area (Å²) in [6.07, 6.45) is 4.49. The number of rotatable bonds is 16. The molecule has 2 aliphatic heterocycles. The minimum atomic E-state index is -0.563. The minimum Gasteiger partial charge on any atom is -0.394 e. The summed E-state index contributed by atoms with van der Waals surface area (Å²) in [5, 5.41) is 15.0. The molecule has 0 aromatic carbocycles. The number of aliphatic hydroxyl groups is 1. The first-order chi connectivity index (χ1) is 20.9. The number of aliphatic hydroxyl groups excluding tert-OH is 1. The third kappa shape index (κ3) is 8.10. The van der Waals surface area contributed by atoms with E-state index in [0.717, 1.165) is 32.1 Å². The van der Waals surface area contributed by atoms with E-state index in [2.05, 4.69) is 15.5 Å². The van der Waals surface area contributed by atoms with Crippen LogP contribution < -0.4 is 10.6 Å². The fourth-order valence-electron chi connectivity index (χ4n) is 7.74. The maximum atomic E-state index is 13.8. The Bertz CT molecular complexity index is 996. The molecule has 44 heavy (non-hydrogen) atoms. The monoisotopic (exact) mass is 623 g/mol. The normalized spacial score (nSPS) is 27.3. The third-order valence-electron chi connectivity index (χ3n) is 10.6. The number of nitrogens with zero attached hydrogens (tertiary/aromatic N) is 3. The molecule has 3 fully saturated rings. The molecule has 1 saturated carbocycles. The van der Waals surface area contributed by atoms with Gasteiger partial charge in [0.1, 0.15) is 0 Å². The summed E-state index contributed by atoms with van der Waals surface area (Å²) in [4.78, 5) is 58.7. The predicted octanol–water partition coefficient (Wildman–Crippen LogP) is 1.00. The number of hydrogen-bond donors (Lipinski definition) is 3. The van der Waals surface area contributed by atoms with E-state index in [9.17, 15) is 24.3 Å². The summed E-state index contributed by atoms with van der Waals surface area (Å²) in [7, 11) is 6.83. The molecule has 12 heteroatoms. The van der Waals surface area contributed by atoms with Crippen molar-refractivity contribution in [2.24, 2.45) is 17.8 Å². The topological polar surface area (TPSA) is 141 Å². The van der Waals surface area contributed by atoms with Crippen LogP contribution in [0.15, 0.2) is 0 Å². The summed E-state index contributed by atoms with van der Waals surface area (Å²) < 4.78 is 11.7. The molecule has 9 unspecified atom stereocenters. The van der Waals surface area contributed by atoms with Crippen molar-refractivity contribution in [1.29, 1.82) is 0 Å². The molecule has 252 valence electrons. The Morgan fingerprint density at radius 2 is 1.77 bits per heavy atom. The van der Waals surface area contributed by atoms with Crippen molar-refractivity contribution < 1.29 is 33.8 Å². The highest BCUT2D eigenvalue weighted by atomic mass is 16.5. The van der Waals surface area contributed by atoms with Gasteiger partial charge >= 0.3 is 0 Å². The minimum absolute atomic E-state index is 0.0347. The van der Waals surface area contributed by atoms with Crippen molar-refractivity contribution in [3.8, 4) is 0 Å². The van der Waals surface area contributed by atoms with Gasteiger partial charge < -0.3 is 35.0 Å². The van der Waals surface area contributed by atoms with E-state index < -0.39 is 18.1 Å². The Hall–Kier alpha value is -2.28. The van der Waals surface area contributed by atoms with Crippen LogP contribution in [0, 0.1) is 17.8 Å². The van der Waals surface area contributed by atoms with Crippen LogP contribution in [0.4, 0.5) is 0 Å². The number of hydrogen-bond acceptors (Lipinski definition) is 8. The third-order valence-corrected chi connectivity index (χ3v) is 10.6. The van der Waals surface area contributed by atoms with E-state index in [0.29, 0.717) is 24.9 Å². The second-order valence-corrected chi connectivity index (χ2v) is 13.3. The van der Waals surface area contributed by atoms with E-state index in [1.165, 1.54) is 0 Å². The van der Waals surface area contributed by atoms with Crippen LogP contribution in [0.3, 0.4) is 0 Å². The maximum Gasteiger partial charge on any atom is 0.242 e. The molecule has 4 amide bonds. The molecule has 0 aromatic heterocycles. The van der Waals surface area contributed by atoms with Crippen LogP contribution in [-0.4, -0.2) is 134 Å². The van der Waals surface area contributed by atoms with Gasteiger partial charge in [-0.2, -0.15) is 0 Å². The highest BCUT2D eigenvalue weighted by molar-refractivity contribution is 5.88. The van der Waals surface area contributed by atoms with Gasteiger partial charge in [0, 0.05) is 39.9 Å². The molecule has 3 rings (SSSR count). The molecule has 1 aliphatic carbocycles. The molecular weight excluding hydrogens is 566 g/mol. The number of fused-ring (bicyclic) bond motifs is 2. The van der Waals surface area contributed by atoms with Crippen LogP contribution in [0.5, 0.6) is 0 Å². The first-order valence-corrected chi connectivity index (χ1v) is 16.4. The van der Waals surface area contributed by atoms with Gasteiger partial charge in [0.2, 0.25) is 23.6 Å². The first kappa shape index (κ1) is 36.2. The summed E-state index contributed by atoms with van der Waals surface area (Å²) in [5.74, 6) is -0.809. The SMILES string of the molecule is CCC(C)C(C(CC(=O)N1CCCC1C(OC)C(C)C(=O)N[C@@H](C)CO)OC)N(C)C(=O)CNC(=O)C1C2CCC(C2)N1C. The van der Waals surface area contributed by atoms with Gasteiger partial charge in [-0.15, -0.1) is 0 Å². The fourth-order valence-corrected chi connectivity index (χ4v) is 7.74. The zero-order chi connectivity index (χ0) is 32.7. The van der Waals surface area contributed by atoms with Crippen LogP contribution in [0.1, 0.15) is 72.6 Å². The number of piperidine rings is 1. The Kier molecular flexibility index (Phi) is 13.4. The molecule has 3 aliphatic rings. The average molecular weight is 624 g/mol. The Balaban J connectivity index is 1.66. The van der Waals surface area contributed by atoms with Crippen molar-refractivity contribution in [3.63, 3.8) is 0 Å². The lowest BCUT2D eigenvalue weighted by Crippen LogP contribution is -2.55. The second kappa shape index (κ2) is 16.3. The Labute approximate surface area is 263 Å². The molecule has 10 atom stereocenters. The number of likely N-dealkylation sites (N-methyl/N-ethyl adjacent to an activating group) is 2. The molecular formula is C32H57N5O7. The molecule has 2 bridgehead atoms. The molecule has 2 heterocycles. The second-order valence-electron chi connectivity index (χ2n) is 13.3. The van der Waals surface area contributed by atoms with E-state index in [4.69, 9.17) is 9.47 Å². The van der Waals surface area contributed by atoms with Gasteiger partial charge in [0.25, 0.3) is 0 Å². The smallest absolute Gasteiger partial charge is 0.242 e. The number of likely N-dealkylation sites (tertiary alicyclic amines) is 2. The predicted molar refractivity (Wildman–Crippen MR) is 167 cm³/mol. The van der Waals surface area contributed by atoms with Gasteiger partial charge in [-0.3, -0.25) is 24.1 Å². The van der Waals surface area contributed by atoms with Gasteiger partial charge in [-0.05, 0) is 57.9 Å². The zero-order valence-electron chi connectivity index (χ0n) is 28.1. The van der Waals surface area contributed by atoms with Crippen molar-refractivity contribution in [1.82, 2.24) is 25.3 Å². The lowest BCUT2D eigenvalue weighted by Gasteiger charge is -2.39. The standard InChI is InChI=1S/C32H57N5O7/c1-9-19(2)28(36(6)27(40)17-33-32(42)29-22-12-13-23(15-22)35(29)5)25(43-7)16-26(39)37-14-10-11-24(37)30(44-8)21(4)31(41)34-20(3)18-38/h19-25,28-30,38H,9-18H2,1-8H3,(H,33,42)(H,34,41)/t19?,20-,21?,22?,23?,24?,25?,28?,29?,30?/m0/s1. The Morgan fingerprint density at radius 1 is 1.07 bits per heavy atom. The molecule has 0 aromatic rings. The van der Waals surface area contributed by atoms with E-state index in [1.54, 1.807) is 44.9 Å². The molecule has 2 saturated heterocycles. The number of carbonyl (C=O) groups excluding carboxylic acids is 4. The van der Waals surface area contributed by atoms with Crippen molar-refractivity contribution >= 4 is 23.6 Å². The molecule has 3 N–H and O–H groups in total. The quantitative estimate of drug-likeness (QED) is 0.231. The molecule has 12 nitrogen and oxygen atoms in total.